The van der Waals surface area contributed by atoms with Gasteiger partial charge in [0.2, 0.25) is 0 Å². The first-order valence-corrected chi connectivity index (χ1v) is 9.25. The number of carbonyl (C=O) groups is 1. The number of hydrogen-bond donors (Lipinski definition) is 0. The predicted molar refractivity (Wildman–Crippen MR) is 112 cm³/mol. The number of halogens is 2. The summed E-state index contributed by atoms with van der Waals surface area (Å²) in [6.07, 6.45) is 0. The molecule has 0 aliphatic carbocycles. The van der Waals surface area contributed by atoms with Crippen molar-refractivity contribution < 1.29 is 9.53 Å². The number of ether oxygens (including phenoxy) is 1. The molecule has 2 heterocycles. The summed E-state index contributed by atoms with van der Waals surface area (Å²) in [6.45, 7) is 0. The Morgan fingerprint density at radius 3 is 2.36 bits per heavy atom. The average molecular weight is 415 g/mol. The highest BCUT2D eigenvalue weighted by atomic mass is 35.5. The zero-order chi connectivity index (χ0) is 20.2. The molecule has 0 spiro atoms. The van der Waals surface area contributed by atoms with Gasteiger partial charge in [0.25, 0.3) is 5.56 Å². The van der Waals surface area contributed by atoms with E-state index in [0.717, 1.165) is 21.9 Å². The first-order chi connectivity index (χ1) is 13.3. The molecule has 2 aromatic carbocycles. The number of esters is 1. The fourth-order valence-electron chi connectivity index (χ4n) is 3.64. The van der Waals surface area contributed by atoms with Crippen molar-refractivity contribution in [1.82, 2.24) is 9.13 Å². The van der Waals surface area contributed by atoms with Crippen LogP contribution in [0.5, 0.6) is 0 Å². The highest BCUT2D eigenvalue weighted by Gasteiger charge is 2.18. The van der Waals surface area contributed by atoms with Gasteiger partial charge in [-0.3, -0.25) is 9.36 Å². The van der Waals surface area contributed by atoms with Crippen LogP contribution in [-0.4, -0.2) is 22.2 Å². The van der Waals surface area contributed by atoms with Gasteiger partial charge >= 0.3 is 5.97 Å². The van der Waals surface area contributed by atoms with Crippen LogP contribution < -0.4 is 5.56 Å². The van der Waals surface area contributed by atoms with E-state index in [-0.39, 0.29) is 5.56 Å². The third-order valence-corrected chi connectivity index (χ3v) is 5.54. The highest BCUT2D eigenvalue weighted by Crippen LogP contribution is 2.33. The number of carbonyl (C=O) groups excluding carboxylic acids is 1. The van der Waals surface area contributed by atoms with E-state index in [4.69, 9.17) is 27.9 Å². The molecule has 2 aromatic heterocycles. The van der Waals surface area contributed by atoms with Gasteiger partial charge in [0.1, 0.15) is 5.65 Å². The van der Waals surface area contributed by atoms with E-state index >= 15 is 0 Å². The number of hydrogen-bond acceptors (Lipinski definition) is 3. The predicted octanol–water partition coefficient (Wildman–Crippen LogP) is 4.79. The number of pyridine rings is 1. The van der Waals surface area contributed by atoms with Crippen molar-refractivity contribution in [1.29, 1.82) is 0 Å². The number of nitrogens with zero attached hydrogens (tertiary/aromatic N) is 2. The molecular formula is C21H16Cl2N2O3. The second-order valence-electron chi connectivity index (χ2n) is 6.57. The Labute approximate surface area is 170 Å². The molecule has 0 bridgehead atoms. The van der Waals surface area contributed by atoms with Crippen molar-refractivity contribution in [2.24, 2.45) is 14.1 Å². The Kier molecular flexibility index (Phi) is 4.44. The Hall–Kier alpha value is -2.76. The molecule has 0 amide bonds. The molecule has 0 unspecified atom stereocenters. The molecule has 7 heteroatoms. The summed E-state index contributed by atoms with van der Waals surface area (Å²) in [5.41, 5.74) is 2.99. The van der Waals surface area contributed by atoms with Crippen molar-refractivity contribution >= 4 is 51.1 Å². The Morgan fingerprint density at radius 1 is 0.929 bits per heavy atom. The standard InChI is InChI=1S/C21H16Cl2N2O3/c1-24-18-7-4-11(21(27)28-3)8-14(18)15-10-16(20(26)25(2)19(15)24)13-6-5-12(22)9-17(13)23/h4-10H,1-3H3. The molecule has 0 saturated carbocycles. The summed E-state index contributed by atoms with van der Waals surface area (Å²) in [5.74, 6) is -0.412. The average Bonchev–Trinajstić information content (AvgIpc) is 2.96. The fraction of sp³-hybridized carbons (Fsp3) is 0.143. The zero-order valence-electron chi connectivity index (χ0n) is 15.4. The maximum atomic E-state index is 13.1. The van der Waals surface area contributed by atoms with E-state index in [1.165, 1.54) is 7.11 Å². The summed E-state index contributed by atoms with van der Waals surface area (Å²) in [5, 5.41) is 2.59. The molecule has 0 atom stereocenters. The smallest absolute Gasteiger partial charge is 0.337 e. The minimum absolute atomic E-state index is 0.171. The van der Waals surface area contributed by atoms with Crippen molar-refractivity contribution in [3.8, 4) is 11.1 Å². The number of benzene rings is 2. The van der Waals surface area contributed by atoms with Crippen molar-refractivity contribution in [3.63, 3.8) is 0 Å². The quantitative estimate of drug-likeness (QED) is 0.443. The normalized spacial score (nSPS) is 11.3. The van der Waals surface area contributed by atoms with Gasteiger partial charge in [-0.2, -0.15) is 0 Å². The molecule has 0 saturated heterocycles. The molecule has 0 fully saturated rings. The number of fused-ring (bicyclic) bond motifs is 3. The van der Waals surface area contributed by atoms with E-state index < -0.39 is 5.97 Å². The third kappa shape index (κ3) is 2.70. The summed E-state index contributed by atoms with van der Waals surface area (Å²) in [4.78, 5) is 25.0. The van der Waals surface area contributed by atoms with Crippen LogP contribution in [0.2, 0.25) is 10.0 Å². The number of methoxy groups -OCH3 is 1. The second kappa shape index (κ2) is 6.69. The van der Waals surface area contributed by atoms with Gasteiger partial charge in [0, 0.05) is 41.0 Å². The fourth-order valence-corrected chi connectivity index (χ4v) is 4.15. The molecule has 0 aliphatic heterocycles. The molecular weight excluding hydrogens is 399 g/mol. The van der Waals surface area contributed by atoms with Crippen LogP contribution in [0.4, 0.5) is 0 Å². The van der Waals surface area contributed by atoms with Gasteiger partial charge < -0.3 is 9.30 Å². The van der Waals surface area contributed by atoms with E-state index in [1.54, 1.807) is 41.9 Å². The van der Waals surface area contributed by atoms with Crippen LogP contribution in [0.15, 0.2) is 47.3 Å². The zero-order valence-corrected chi connectivity index (χ0v) is 16.9. The van der Waals surface area contributed by atoms with Crippen LogP contribution in [0, 0.1) is 0 Å². The molecule has 142 valence electrons. The molecule has 0 radical (unpaired) electrons. The minimum atomic E-state index is -0.412. The first kappa shape index (κ1) is 18.6. The maximum absolute atomic E-state index is 13.1. The lowest BCUT2D eigenvalue weighted by Crippen LogP contribution is -2.20. The SMILES string of the molecule is COC(=O)c1ccc2c(c1)c1cc(-c3ccc(Cl)cc3Cl)c(=O)n(C)c1n2C. The summed E-state index contributed by atoms with van der Waals surface area (Å²) in [7, 11) is 4.95. The Morgan fingerprint density at radius 2 is 1.68 bits per heavy atom. The van der Waals surface area contributed by atoms with E-state index in [0.29, 0.717) is 26.7 Å². The van der Waals surface area contributed by atoms with Gasteiger partial charge in [0.05, 0.1) is 23.2 Å². The van der Waals surface area contributed by atoms with E-state index in [9.17, 15) is 9.59 Å². The lowest BCUT2D eigenvalue weighted by atomic mass is 10.0. The van der Waals surface area contributed by atoms with Crippen LogP contribution in [0.1, 0.15) is 10.4 Å². The van der Waals surface area contributed by atoms with Crippen LogP contribution in [0.25, 0.3) is 33.1 Å². The van der Waals surface area contributed by atoms with Crippen LogP contribution in [0.3, 0.4) is 0 Å². The highest BCUT2D eigenvalue weighted by molar-refractivity contribution is 6.36. The van der Waals surface area contributed by atoms with Crippen LogP contribution in [-0.2, 0) is 18.8 Å². The van der Waals surface area contributed by atoms with Gasteiger partial charge in [-0.15, -0.1) is 0 Å². The molecule has 4 rings (SSSR count). The second-order valence-corrected chi connectivity index (χ2v) is 7.41. The number of rotatable bonds is 2. The molecule has 4 aromatic rings. The largest absolute Gasteiger partial charge is 0.465 e. The summed E-state index contributed by atoms with van der Waals surface area (Å²) < 4.78 is 8.36. The molecule has 28 heavy (non-hydrogen) atoms. The molecule has 0 N–H and O–H groups in total. The van der Waals surface area contributed by atoms with E-state index in [1.807, 2.05) is 23.7 Å². The maximum Gasteiger partial charge on any atom is 0.337 e. The van der Waals surface area contributed by atoms with Crippen molar-refractivity contribution in [2.45, 2.75) is 0 Å². The number of aromatic nitrogens is 2. The summed E-state index contributed by atoms with van der Waals surface area (Å²) in [6, 6.07) is 12.2. The van der Waals surface area contributed by atoms with Gasteiger partial charge in [-0.05, 0) is 36.4 Å². The first-order valence-electron chi connectivity index (χ1n) is 8.49. The Balaban J connectivity index is 2.12. The molecule has 5 nitrogen and oxygen atoms in total. The van der Waals surface area contributed by atoms with Crippen LogP contribution >= 0.6 is 23.2 Å². The van der Waals surface area contributed by atoms with Crippen molar-refractivity contribution in [3.05, 3.63) is 68.4 Å². The monoisotopic (exact) mass is 414 g/mol. The summed E-state index contributed by atoms with van der Waals surface area (Å²) >= 11 is 12.3. The van der Waals surface area contributed by atoms with Crippen molar-refractivity contribution in [2.75, 3.05) is 7.11 Å². The molecule has 0 aliphatic rings. The van der Waals surface area contributed by atoms with Gasteiger partial charge in [-0.1, -0.05) is 29.3 Å². The van der Waals surface area contributed by atoms with Gasteiger partial charge in [0.15, 0.2) is 0 Å². The lowest BCUT2D eigenvalue weighted by molar-refractivity contribution is 0.0601. The lowest BCUT2D eigenvalue weighted by Gasteiger charge is -2.09. The topological polar surface area (TPSA) is 53.2 Å². The minimum Gasteiger partial charge on any atom is -0.465 e. The Bertz CT molecular complexity index is 1340. The van der Waals surface area contributed by atoms with E-state index in [2.05, 4.69) is 0 Å². The third-order valence-electron chi connectivity index (χ3n) is 4.99. The number of aryl methyl sites for hydroxylation is 2. The van der Waals surface area contributed by atoms with Gasteiger partial charge in [-0.25, -0.2) is 4.79 Å².